The molecule has 1 fully saturated rings. The van der Waals surface area contributed by atoms with Crippen LogP contribution in [-0.4, -0.2) is 89.6 Å². The van der Waals surface area contributed by atoms with Crippen molar-refractivity contribution in [2.75, 3.05) is 20.2 Å². The summed E-state index contributed by atoms with van der Waals surface area (Å²) in [4.78, 5) is 86.1. The summed E-state index contributed by atoms with van der Waals surface area (Å²) in [7, 11) is 1.44. The van der Waals surface area contributed by atoms with Crippen LogP contribution in [0.15, 0.2) is 30.9 Å². The van der Waals surface area contributed by atoms with E-state index in [1.165, 1.54) is 24.2 Å². The van der Waals surface area contributed by atoms with Gasteiger partial charge in [0, 0.05) is 19.2 Å². The maximum absolute atomic E-state index is 14.3. The van der Waals surface area contributed by atoms with E-state index in [1.807, 2.05) is 20.8 Å². The summed E-state index contributed by atoms with van der Waals surface area (Å²) in [5.74, 6) is -3.27. The third kappa shape index (κ3) is 10.4. The first-order valence-electron chi connectivity index (χ1n) is 16.6. The molecule has 1 aliphatic heterocycles. The Morgan fingerprint density at radius 1 is 1.06 bits per heavy atom. The highest BCUT2D eigenvalue weighted by Crippen LogP contribution is 2.33. The number of urea groups is 1. The van der Waals surface area contributed by atoms with Gasteiger partial charge in [0.05, 0.1) is 19.2 Å². The van der Waals surface area contributed by atoms with E-state index in [2.05, 4.69) is 32.8 Å². The minimum absolute atomic E-state index is 0.0159. The number of rotatable bonds is 16. The van der Waals surface area contributed by atoms with Crippen LogP contribution in [0.2, 0.25) is 0 Å². The lowest BCUT2D eigenvalue weighted by Gasteiger charge is -2.37. The number of ketones is 2. The molecule has 13 heteroatoms. The van der Waals surface area contributed by atoms with Crippen LogP contribution >= 0.6 is 0 Å². The smallest absolute Gasteiger partial charge is 0.316 e. The number of ether oxygens (including phenoxy) is 1. The van der Waals surface area contributed by atoms with Gasteiger partial charge in [0.25, 0.3) is 5.91 Å². The Hall–Kier alpha value is -4.29. The Kier molecular flexibility index (Phi) is 14.7. The number of Topliss-reactive ketones (excluding diaryl/α,β-unsaturated/α-hetero) is 2. The summed E-state index contributed by atoms with van der Waals surface area (Å²) >= 11 is 0. The largest absolute Gasteiger partial charge is 0.481 e. The average Bonchev–Trinajstić information content (AvgIpc) is 3.49. The van der Waals surface area contributed by atoms with Gasteiger partial charge in [0.15, 0.2) is 0 Å². The Balaban J connectivity index is 2.34. The van der Waals surface area contributed by atoms with Gasteiger partial charge < -0.3 is 30.9 Å². The van der Waals surface area contributed by atoms with E-state index in [0.29, 0.717) is 12.8 Å². The van der Waals surface area contributed by atoms with Gasteiger partial charge in [-0.05, 0) is 42.1 Å². The molecule has 0 aliphatic carbocycles. The van der Waals surface area contributed by atoms with Crippen LogP contribution in [0.5, 0.6) is 5.88 Å². The summed E-state index contributed by atoms with van der Waals surface area (Å²) < 4.78 is 5.14. The summed E-state index contributed by atoms with van der Waals surface area (Å²) in [5.41, 5.74) is -0.665. The van der Waals surface area contributed by atoms with Crippen molar-refractivity contribution in [1.82, 2.24) is 31.2 Å². The molecule has 5 amide bonds. The average molecular weight is 671 g/mol. The molecule has 0 spiro atoms. The predicted octanol–water partition coefficient (Wildman–Crippen LogP) is 3.04. The van der Waals surface area contributed by atoms with Crippen LogP contribution in [-0.2, 0) is 19.2 Å². The van der Waals surface area contributed by atoms with E-state index in [-0.39, 0.29) is 48.8 Å². The lowest BCUT2D eigenvalue weighted by Crippen LogP contribution is -2.62. The molecule has 266 valence electrons. The van der Waals surface area contributed by atoms with Crippen molar-refractivity contribution in [3.63, 3.8) is 0 Å². The van der Waals surface area contributed by atoms with Gasteiger partial charge in [-0.1, -0.05) is 74.0 Å². The Labute approximate surface area is 284 Å². The van der Waals surface area contributed by atoms with Gasteiger partial charge in [-0.3, -0.25) is 24.0 Å². The number of nitrogens with one attached hydrogen (secondary N) is 4. The van der Waals surface area contributed by atoms with Gasteiger partial charge in [-0.15, -0.1) is 6.58 Å². The minimum Gasteiger partial charge on any atom is -0.481 e. The first-order chi connectivity index (χ1) is 22.5. The van der Waals surface area contributed by atoms with Crippen LogP contribution in [0.1, 0.15) is 85.1 Å². The van der Waals surface area contributed by atoms with E-state index in [9.17, 15) is 28.8 Å². The van der Waals surface area contributed by atoms with Gasteiger partial charge in [-0.25, -0.2) is 9.78 Å². The number of methoxy groups -OCH3 is 1. The monoisotopic (exact) mass is 670 g/mol. The zero-order valence-corrected chi connectivity index (χ0v) is 29.8. The molecular weight excluding hydrogens is 616 g/mol. The van der Waals surface area contributed by atoms with Crippen molar-refractivity contribution in [3.05, 3.63) is 36.5 Å². The van der Waals surface area contributed by atoms with Crippen molar-refractivity contribution in [2.24, 2.45) is 23.2 Å². The topological polar surface area (TPSA) is 176 Å². The molecule has 13 nitrogen and oxygen atoms in total. The van der Waals surface area contributed by atoms with Crippen LogP contribution in [0.3, 0.4) is 0 Å². The van der Waals surface area contributed by atoms with Crippen LogP contribution < -0.4 is 26.0 Å². The number of pyridine rings is 1. The number of hydrogen-bond donors (Lipinski definition) is 4. The molecule has 0 saturated carbocycles. The number of carbonyl (C=O) groups excluding carboxylic acids is 6. The van der Waals surface area contributed by atoms with E-state index in [4.69, 9.17) is 4.74 Å². The Bertz CT molecular complexity index is 1340. The van der Waals surface area contributed by atoms with E-state index in [1.54, 1.807) is 46.8 Å². The van der Waals surface area contributed by atoms with E-state index in [0.717, 1.165) is 0 Å². The van der Waals surface area contributed by atoms with Crippen molar-refractivity contribution in [1.29, 1.82) is 0 Å². The third-order valence-corrected chi connectivity index (χ3v) is 8.50. The molecule has 1 aliphatic rings. The molecule has 5 atom stereocenters. The molecule has 1 aromatic heterocycles. The highest BCUT2D eigenvalue weighted by molar-refractivity contribution is 6.38. The number of aromatic nitrogens is 1. The first-order valence-corrected chi connectivity index (χ1v) is 16.6. The molecule has 2 rings (SSSR count). The minimum atomic E-state index is -1.07. The highest BCUT2D eigenvalue weighted by atomic mass is 16.5. The number of carbonyl (C=O) groups is 6. The highest BCUT2D eigenvalue weighted by Gasteiger charge is 2.47. The second-order valence-electron chi connectivity index (χ2n) is 14.0. The van der Waals surface area contributed by atoms with E-state index < -0.39 is 64.9 Å². The fraction of sp³-hybridized carbons (Fsp3) is 0.629. The molecule has 2 heterocycles. The predicted molar refractivity (Wildman–Crippen MR) is 182 cm³/mol. The normalized spacial score (nSPS) is 18.0. The zero-order valence-electron chi connectivity index (χ0n) is 29.8. The number of amides is 5. The summed E-state index contributed by atoms with van der Waals surface area (Å²) in [6.45, 7) is 18.6. The first kappa shape index (κ1) is 39.9. The fourth-order valence-electron chi connectivity index (χ4n) is 5.81. The Morgan fingerprint density at radius 2 is 1.73 bits per heavy atom. The molecule has 1 unspecified atom stereocenters. The van der Waals surface area contributed by atoms with E-state index >= 15 is 0 Å². The molecule has 0 bridgehead atoms. The molecule has 48 heavy (non-hydrogen) atoms. The van der Waals surface area contributed by atoms with Gasteiger partial charge in [0.1, 0.15) is 17.8 Å². The van der Waals surface area contributed by atoms with Crippen molar-refractivity contribution in [3.8, 4) is 5.88 Å². The number of hydrogen-bond acceptors (Lipinski definition) is 8. The van der Waals surface area contributed by atoms with Gasteiger partial charge >= 0.3 is 6.03 Å². The summed E-state index contributed by atoms with van der Waals surface area (Å²) in [5, 5.41) is 10.7. The molecule has 0 radical (unpaired) electrons. The molecular formula is C35H54N6O7. The Morgan fingerprint density at radius 3 is 2.27 bits per heavy atom. The molecule has 1 saturated heterocycles. The lowest BCUT2D eigenvalue weighted by molar-refractivity contribution is -0.144. The standard InChI is InChI=1S/C35H54N6O7/c1-11-14-23(29(43)32(45)36-18-12-2)38-31(44)27-22(20(3)4)17-19-41(27)33(46)30(35(7,8)9)40-34(47)39-26(21(5)6)28(42)24-15-13-16-25(37-24)48-10/h12-13,15-16,20-23,26-27,30H,2,11,14,17-19H2,1,3-10H3,(H,36,45)(H,38,44)(H2,39,40,47)/t22-,23?,26+,27+,30-/m1/s1. The molecule has 0 aromatic carbocycles. The van der Waals surface area contributed by atoms with Crippen LogP contribution in [0.25, 0.3) is 0 Å². The quantitative estimate of drug-likeness (QED) is 0.118. The second kappa shape index (κ2) is 17.7. The fourth-order valence-corrected chi connectivity index (χ4v) is 5.81. The second-order valence-corrected chi connectivity index (χ2v) is 14.0. The summed E-state index contributed by atoms with van der Waals surface area (Å²) in [6, 6.07) is 0.0384. The van der Waals surface area contributed by atoms with Crippen LogP contribution in [0, 0.1) is 23.2 Å². The maximum atomic E-state index is 14.3. The van der Waals surface area contributed by atoms with Crippen molar-refractivity contribution in [2.45, 2.75) is 98.8 Å². The van der Waals surface area contributed by atoms with Crippen LogP contribution in [0.4, 0.5) is 4.79 Å². The summed E-state index contributed by atoms with van der Waals surface area (Å²) in [6.07, 6.45) is 2.76. The molecule has 4 N–H and O–H groups in total. The molecule has 1 aromatic rings. The van der Waals surface area contributed by atoms with Gasteiger partial charge in [-0.2, -0.15) is 0 Å². The lowest BCUT2D eigenvalue weighted by atomic mass is 9.84. The number of nitrogens with zero attached hydrogens (tertiary/aromatic N) is 2. The van der Waals surface area contributed by atoms with Crippen molar-refractivity contribution < 1.29 is 33.5 Å². The third-order valence-electron chi connectivity index (χ3n) is 8.50. The van der Waals surface area contributed by atoms with Gasteiger partial charge in [0.2, 0.25) is 29.3 Å². The number of likely N-dealkylation sites (tertiary alicyclic amines) is 1. The zero-order chi connectivity index (χ0) is 36.3. The SMILES string of the molecule is C=CCNC(=O)C(=O)C(CCC)NC(=O)[C@@H]1[C@@H](C(C)C)CCN1C(=O)[C@@H](NC(=O)N[C@H](C(=O)c1cccc(OC)n1)C(C)C)C(C)(C)C. The maximum Gasteiger partial charge on any atom is 0.316 e. The van der Waals surface area contributed by atoms with Crippen molar-refractivity contribution >= 4 is 35.3 Å².